The van der Waals surface area contributed by atoms with Crippen LogP contribution < -0.4 is 21.3 Å². The van der Waals surface area contributed by atoms with Gasteiger partial charge in [-0.05, 0) is 12.5 Å². The van der Waals surface area contributed by atoms with Gasteiger partial charge in [0.2, 0.25) is 5.91 Å². The monoisotopic (exact) mass is 317 g/mol. The summed E-state index contributed by atoms with van der Waals surface area (Å²) >= 11 is 0. The van der Waals surface area contributed by atoms with Gasteiger partial charge in [-0.3, -0.25) is 19.1 Å². The molecule has 122 valence electrons. The number of para-hydroxylation sites is 1. The molecule has 1 aromatic heterocycles. The molecule has 1 aromatic carbocycles. The number of carbonyl (C=O) groups excluding carboxylic acids is 1. The molecule has 1 unspecified atom stereocenters. The number of amides is 1. The topological polar surface area (TPSA) is 93.2 Å². The number of carbonyl (C=O) groups is 1. The van der Waals surface area contributed by atoms with Crippen LogP contribution in [0.1, 0.15) is 24.9 Å². The lowest BCUT2D eigenvalue weighted by Gasteiger charge is -2.20. The van der Waals surface area contributed by atoms with Crippen LogP contribution >= 0.6 is 0 Å². The highest BCUT2D eigenvalue weighted by atomic mass is 16.5. The standard InChI is InChI=1S/C16H19N3O4/c1-3-12(11-6-4-5-7-13(11)23-2)17-15(21)10-19-9-8-14(20)18-16(19)22/h4-9,12H,3,10H2,1-2H3,(H,17,21)(H,18,20,22). The van der Waals surface area contributed by atoms with E-state index in [0.717, 1.165) is 10.1 Å². The molecule has 0 saturated carbocycles. The molecular weight excluding hydrogens is 298 g/mol. The van der Waals surface area contributed by atoms with Gasteiger partial charge in [-0.15, -0.1) is 0 Å². The number of methoxy groups -OCH3 is 1. The average molecular weight is 317 g/mol. The molecule has 1 heterocycles. The van der Waals surface area contributed by atoms with Crippen LogP contribution in [-0.4, -0.2) is 22.6 Å². The maximum absolute atomic E-state index is 12.2. The summed E-state index contributed by atoms with van der Waals surface area (Å²) in [4.78, 5) is 36.9. The molecule has 0 aliphatic carbocycles. The van der Waals surface area contributed by atoms with E-state index < -0.39 is 11.2 Å². The lowest BCUT2D eigenvalue weighted by molar-refractivity contribution is -0.122. The Bertz CT molecular complexity index is 794. The van der Waals surface area contributed by atoms with Crippen LogP contribution in [0, 0.1) is 0 Å². The Hall–Kier alpha value is -2.83. The summed E-state index contributed by atoms with van der Waals surface area (Å²) in [5.74, 6) is 0.373. The van der Waals surface area contributed by atoms with Gasteiger partial charge in [0, 0.05) is 17.8 Å². The van der Waals surface area contributed by atoms with E-state index in [1.54, 1.807) is 7.11 Å². The first-order chi connectivity index (χ1) is 11.0. The smallest absolute Gasteiger partial charge is 0.328 e. The highest BCUT2D eigenvalue weighted by molar-refractivity contribution is 5.76. The number of ether oxygens (including phenoxy) is 1. The van der Waals surface area contributed by atoms with Gasteiger partial charge in [0.05, 0.1) is 13.2 Å². The number of nitrogens with zero attached hydrogens (tertiary/aromatic N) is 1. The van der Waals surface area contributed by atoms with Gasteiger partial charge in [-0.25, -0.2) is 4.79 Å². The van der Waals surface area contributed by atoms with Gasteiger partial charge in [0.1, 0.15) is 12.3 Å². The summed E-state index contributed by atoms with van der Waals surface area (Å²) in [6, 6.07) is 8.43. The number of benzene rings is 1. The Morgan fingerprint density at radius 1 is 1.30 bits per heavy atom. The summed E-state index contributed by atoms with van der Waals surface area (Å²) in [5.41, 5.74) is -0.232. The quantitative estimate of drug-likeness (QED) is 0.824. The number of nitrogens with one attached hydrogen (secondary N) is 2. The Balaban J connectivity index is 2.14. The van der Waals surface area contributed by atoms with E-state index >= 15 is 0 Å². The van der Waals surface area contributed by atoms with Gasteiger partial charge in [-0.2, -0.15) is 0 Å². The van der Waals surface area contributed by atoms with Gasteiger partial charge >= 0.3 is 5.69 Å². The molecular formula is C16H19N3O4. The van der Waals surface area contributed by atoms with Gasteiger partial charge in [0.15, 0.2) is 0 Å². The van der Waals surface area contributed by atoms with Crippen LogP contribution in [0.2, 0.25) is 0 Å². The Morgan fingerprint density at radius 2 is 2.04 bits per heavy atom. The highest BCUT2D eigenvalue weighted by Crippen LogP contribution is 2.26. The first-order valence-electron chi connectivity index (χ1n) is 7.27. The first-order valence-corrected chi connectivity index (χ1v) is 7.27. The largest absolute Gasteiger partial charge is 0.496 e. The predicted molar refractivity (Wildman–Crippen MR) is 85.5 cm³/mol. The summed E-state index contributed by atoms with van der Waals surface area (Å²) in [6.07, 6.45) is 1.97. The molecule has 1 atom stereocenters. The molecule has 0 saturated heterocycles. The van der Waals surface area contributed by atoms with Gasteiger partial charge < -0.3 is 10.1 Å². The van der Waals surface area contributed by atoms with E-state index in [-0.39, 0.29) is 18.5 Å². The van der Waals surface area contributed by atoms with E-state index in [0.29, 0.717) is 12.2 Å². The van der Waals surface area contributed by atoms with E-state index in [9.17, 15) is 14.4 Å². The minimum absolute atomic E-state index is 0.165. The molecule has 0 spiro atoms. The van der Waals surface area contributed by atoms with Crippen molar-refractivity contribution >= 4 is 5.91 Å². The van der Waals surface area contributed by atoms with Crippen molar-refractivity contribution in [2.75, 3.05) is 7.11 Å². The molecule has 2 aromatic rings. The zero-order chi connectivity index (χ0) is 16.8. The molecule has 0 aliphatic rings. The molecule has 7 heteroatoms. The molecule has 0 radical (unpaired) electrons. The van der Waals surface area contributed by atoms with Crippen molar-refractivity contribution in [2.24, 2.45) is 0 Å². The van der Waals surface area contributed by atoms with Crippen LogP contribution in [0.5, 0.6) is 5.75 Å². The van der Waals surface area contributed by atoms with Crippen LogP contribution in [0.4, 0.5) is 0 Å². The maximum Gasteiger partial charge on any atom is 0.328 e. The third kappa shape index (κ3) is 4.09. The zero-order valence-corrected chi connectivity index (χ0v) is 13.0. The molecule has 23 heavy (non-hydrogen) atoms. The van der Waals surface area contributed by atoms with Crippen molar-refractivity contribution < 1.29 is 9.53 Å². The predicted octanol–water partition coefficient (Wildman–Crippen LogP) is 0.813. The lowest BCUT2D eigenvalue weighted by Crippen LogP contribution is -2.36. The number of H-pyrrole nitrogens is 1. The van der Waals surface area contributed by atoms with Crippen molar-refractivity contribution in [3.63, 3.8) is 0 Å². The van der Waals surface area contributed by atoms with Gasteiger partial charge in [-0.1, -0.05) is 25.1 Å². The summed E-state index contributed by atoms with van der Waals surface area (Å²) in [5, 5.41) is 2.88. The van der Waals surface area contributed by atoms with Gasteiger partial charge in [0.25, 0.3) is 5.56 Å². The van der Waals surface area contributed by atoms with Crippen molar-refractivity contribution in [3.05, 3.63) is 62.9 Å². The van der Waals surface area contributed by atoms with E-state index in [1.165, 1.54) is 12.3 Å². The van der Waals surface area contributed by atoms with Crippen LogP contribution in [-0.2, 0) is 11.3 Å². The number of hydrogen-bond donors (Lipinski definition) is 2. The number of rotatable bonds is 6. The van der Waals surface area contributed by atoms with E-state index in [1.807, 2.05) is 31.2 Å². The molecule has 0 aliphatic heterocycles. The van der Waals surface area contributed by atoms with Crippen molar-refractivity contribution in [1.82, 2.24) is 14.9 Å². The van der Waals surface area contributed by atoms with Crippen LogP contribution in [0.3, 0.4) is 0 Å². The summed E-state index contributed by atoms with van der Waals surface area (Å²) in [6.45, 7) is 1.78. The maximum atomic E-state index is 12.2. The minimum Gasteiger partial charge on any atom is -0.496 e. The third-order valence-electron chi connectivity index (χ3n) is 3.47. The molecule has 0 bridgehead atoms. The molecule has 2 rings (SSSR count). The summed E-state index contributed by atoms with van der Waals surface area (Å²) in [7, 11) is 1.58. The fourth-order valence-electron chi connectivity index (χ4n) is 2.32. The minimum atomic E-state index is -0.613. The molecule has 2 N–H and O–H groups in total. The van der Waals surface area contributed by atoms with E-state index in [2.05, 4.69) is 10.3 Å². The average Bonchev–Trinajstić information content (AvgIpc) is 2.55. The summed E-state index contributed by atoms with van der Waals surface area (Å²) < 4.78 is 6.46. The van der Waals surface area contributed by atoms with Crippen LogP contribution in [0.25, 0.3) is 0 Å². The SMILES string of the molecule is CCC(NC(=O)Cn1ccc(=O)[nH]c1=O)c1ccccc1OC. The fourth-order valence-corrected chi connectivity index (χ4v) is 2.32. The normalized spacial score (nSPS) is 11.7. The molecule has 7 nitrogen and oxygen atoms in total. The first kappa shape index (κ1) is 16.5. The molecule has 1 amide bonds. The Labute approximate surface area is 132 Å². The molecule has 0 fully saturated rings. The Morgan fingerprint density at radius 3 is 2.70 bits per heavy atom. The van der Waals surface area contributed by atoms with Crippen molar-refractivity contribution in [2.45, 2.75) is 25.9 Å². The zero-order valence-electron chi connectivity index (χ0n) is 13.0. The lowest BCUT2D eigenvalue weighted by atomic mass is 10.0. The van der Waals surface area contributed by atoms with Crippen molar-refractivity contribution in [3.8, 4) is 5.75 Å². The van der Waals surface area contributed by atoms with Crippen molar-refractivity contribution in [1.29, 1.82) is 0 Å². The second kappa shape index (κ2) is 7.44. The number of aromatic nitrogens is 2. The van der Waals surface area contributed by atoms with E-state index in [4.69, 9.17) is 4.74 Å². The fraction of sp³-hybridized carbons (Fsp3) is 0.312. The third-order valence-corrected chi connectivity index (χ3v) is 3.47. The number of aromatic amines is 1. The number of hydrogen-bond acceptors (Lipinski definition) is 4. The Kier molecular flexibility index (Phi) is 5.35. The van der Waals surface area contributed by atoms with Crippen LogP contribution in [0.15, 0.2) is 46.1 Å². The second-order valence-corrected chi connectivity index (χ2v) is 5.01. The highest BCUT2D eigenvalue weighted by Gasteiger charge is 2.16. The second-order valence-electron chi connectivity index (χ2n) is 5.01.